The number of hydrogen-bond acceptors (Lipinski definition) is 5. The normalized spacial score (nSPS) is 15.2. The van der Waals surface area contributed by atoms with Crippen molar-refractivity contribution in [2.75, 3.05) is 11.4 Å². The fourth-order valence-corrected chi connectivity index (χ4v) is 3.57. The quantitative estimate of drug-likeness (QED) is 0.695. The van der Waals surface area contributed by atoms with Gasteiger partial charge in [-0.1, -0.05) is 18.2 Å². The van der Waals surface area contributed by atoms with Gasteiger partial charge in [0.2, 0.25) is 0 Å². The molecule has 0 fully saturated rings. The van der Waals surface area contributed by atoms with Crippen LogP contribution in [0.2, 0.25) is 0 Å². The highest BCUT2D eigenvalue weighted by Crippen LogP contribution is 2.45. The number of para-hydroxylation sites is 1. The first-order chi connectivity index (χ1) is 9.58. The van der Waals surface area contributed by atoms with Crippen LogP contribution in [0.4, 0.5) is 16.4 Å². The molecule has 5 nitrogen and oxygen atoms in total. The average molecular weight is 290 g/mol. The first kappa shape index (κ1) is 13.1. The van der Waals surface area contributed by atoms with Gasteiger partial charge >= 0.3 is 5.69 Å². The molecule has 0 saturated heterocycles. The number of aliphatic hydroxyl groups is 1. The largest absolute Gasteiger partial charge is 0.388 e. The summed E-state index contributed by atoms with van der Waals surface area (Å²) < 4.78 is 0. The van der Waals surface area contributed by atoms with Gasteiger partial charge in [0.15, 0.2) is 5.00 Å². The second kappa shape index (κ2) is 4.88. The number of nitrogens with zero attached hydrogens (tertiary/aromatic N) is 2. The second-order valence-electron chi connectivity index (χ2n) is 4.80. The highest BCUT2D eigenvalue weighted by Gasteiger charge is 2.29. The maximum absolute atomic E-state index is 11.2. The molecule has 0 saturated carbocycles. The average Bonchev–Trinajstić information content (AvgIpc) is 3.02. The predicted octanol–water partition coefficient (Wildman–Crippen LogP) is 3.40. The van der Waals surface area contributed by atoms with E-state index in [0.717, 1.165) is 18.7 Å². The van der Waals surface area contributed by atoms with Gasteiger partial charge in [-0.15, -0.1) is 11.3 Å². The third-order valence-corrected chi connectivity index (χ3v) is 4.77. The van der Waals surface area contributed by atoms with Gasteiger partial charge in [-0.2, -0.15) is 0 Å². The minimum absolute atomic E-state index is 0.0719. The lowest BCUT2D eigenvalue weighted by molar-refractivity contribution is -0.383. The molecule has 1 N–H and O–H groups in total. The minimum atomic E-state index is -0.690. The molecule has 0 amide bonds. The molecular weight excluding hydrogens is 276 g/mol. The molecule has 0 unspecified atom stereocenters. The van der Waals surface area contributed by atoms with Gasteiger partial charge in [-0.3, -0.25) is 10.1 Å². The van der Waals surface area contributed by atoms with E-state index in [4.69, 9.17) is 0 Å². The molecule has 1 aromatic heterocycles. The Bertz CT molecular complexity index is 666. The van der Waals surface area contributed by atoms with E-state index in [1.807, 2.05) is 29.2 Å². The molecule has 0 aliphatic carbocycles. The molecular formula is C14H14N2O3S. The number of thiophene rings is 1. The second-order valence-corrected chi connectivity index (χ2v) is 5.86. The van der Waals surface area contributed by atoms with Crippen molar-refractivity contribution in [3.05, 3.63) is 50.9 Å². The summed E-state index contributed by atoms with van der Waals surface area (Å²) in [6, 6.07) is 9.42. The van der Waals surface area contributed by atoms with Gasteiger partial charge in [0.25, 0.3) is 0 Å². The molecule has 20 heavy (non-hydrogen) atoms. The van der Waals surface area contributed by atoms with Crippen molar-refractivity contribution in [3.63, 3.8) is 0 Å². The fourth-order valence-electron chi connectivity index (χ4n) is 2.47. The van der Waals surface area contributed by atoms with E-state index in [2.05, 4.69) is 0 Å². The Balaban J connectivity index is 2.09. The number of benzene rings is 1. The molecule has 1 aliphatic heterocycles. The summed E-state index contributed by atoms with van der Waals surface area (Å²) in [6.45, 7) is 2.36. The molecule has 1 aliphatic rings. The van der Waals surface area contributed by atoms with Crippen molar-refractivity contribution in [2.24, 2.45) is 0 Å². The number of anilines is 2. The van der Waals surface area contributed by atoms with Crippen molar-refractivity contribution in [1.29, 1.82) is 0 Å². The summed E-state index contributed by atoms with van der Waals surface area (Å²) in [5.41, 5.74) is 2.30. The third-order valence-electron chi connectivity index (χ3n) is 3.45. The van der Waals surface area contributed by atoms with E-state index < -0.39 is 6.10 Å². The molecule has 6 heteroatoms. The van der Waals surface area contributed by atoms with Crippen molar-refractivity contribution < 1.29 is 10.0 Å². The number of nitro groups is 1. The van der Waals surface area contributed by atoms with Crippen LogP contribution in [0.5, 0.6) is 0 Å². The van der Waals surface area contributed by atoms with Gasteiger partial charge in [0, 0.05) is 23.2 Å². The molecule has 1 aromatic carbocycles. The lowest BCUT2D eigenvalue weighted by atomic mass is 10.2. The summed E-state index contributed by atoms with van der Waals surface area (Å²) in [7, 11) is 0. The van der Waals surface area contributed by atoms with Gasteiger partial charge in [-0.25, -0.2) is 0 Å². The number of aliphatic hydroxyl groups excluding tert-OH is 1. The SMILES string of the molecule is C[C@@H](O)c1cc([N+](=O)[O-])c(N2CCc3ccccc32)s1. The molecule has 2 heterocycles. The zero-order valence-electron chi connectivity index (χ0n) is 10.9. The standard InChI is InChI=1S/C14H14N2O3S/c1-9(17)13-8-12(16(18)19)14(20-13)15-7-6-10-4-2-3-5-11(10)15/h2-5,8-9,17H,6-7H2,1H3/t9-/m1/s1. The molecule has 3 rings (SSSR count). The third kappa shape index (κ3) is 2.07. The smallest absolute Gasteiger partial charge is 0.304 e. The Labute approximate surface area is 120 Å². The molecule has 104 valence electrons. The predicted molar refractivity (Wildman–Crippen MR) is 78.8 cm³/mol. The highest BCUT2D eigenvalue weighted by atomic mass is 32.1. The number of fused-ring (bicyclic) bond motifs is 1. The zero-order chi connectivity index (χ0) is 14.3. The monoisotopic (exact) mass is 290 g/mol. The molecule has 2 aromatic rings. The zero-order valence-corrected chi connectivity index (χ0v) is 11.8. The van der Waals surface area contributed by atoms with E-state index in [9.17, 15) is 15.2 Å². The van der Waals surface area contributed by atoms with E-state index in [0.29, 0.717) is 9.88 Å². The van der Waals surface area contributed by atoms with Crippen molar-refractivity contribution in [3.8, 4) is 0 Å². The summed E-state index contributed by atoms with van der Waals surface area (Å²) in [4.78, 5) is 13.5. The summed E-state index contributed by atoms with van der Waals surface area (Å²) >= 11 is 1.29. The van der Waals surface area contributed by atoms with Crippen LogP contribution < -0.4 is 4.90 Å². The molecule has 0 radical (unpaired) electrons. The molecule has 1 atom stereocenters. The van der Waals surface area contributed by atoms with Crippen LogP contribution in [0.25, 0.3) is 0 Å². The number of rotatable bonds is 3. The first-order valence-electron chi connectivity index (χ1n) is 6.39. The van der Waals surface area contributed by atoms with Crippen LogP contribution in [-0.4, -0.2) is 16.6 Å². The first-order valence-corrected chi connectivity index (χ1v) is 7.21. The maximum atomic E-state index is 11.2. The fraction of sp³-hybridized carbons (Fsp3) is 0.286. The molecule has 0 spiro atoms. The molecule has 0 bridgehead atoms. The maximum Gasteiger partial charge on any atom is 0.304 e. The van der Waals surface area contributed by atoms with E-state index >= 15 is 0 Å². The van der Waals surface area contributed by atoms with Crippen LogP contribution in [0.3, 0.4) is 0 Å². The van der Waals surface area contributed by atoms with Crippen LogP contribution >= 0.6 is 11.3 Å². The Morgan fingerprint density at radius 3 is 2.90 bits per heavy atom. The van der Waals surface area contributed by atoms with Gasteiger partial charge in [0.05, 0.1) is 11.0 Å². The Morgan fingerprint density at radius 1 is 1.45 bits per heavy atom. The number of hydrogen-bond donors (Lipinski definition) is 1. The van der Waals surface area contributed by atoms with Crippen LogP contribution in [0.1, 0.15) is 23.5 Å². The lowest BCUT2D eigenvalue weighted by Gasteiger charge is -2.16. The van der Waals surface area contributed by atoms with E-state index in [1.54, 1.807) is 6.92 Å². The van der Waals surface area contributed by atoms with Gasteiger partial charge in [-0.05, 0) is 25.0 Å². The van der Waals surface area contributed by atoms with Crippen molar-refractivity contribution >= 4 is 27.7 Å². The Kier molecular flexibility index (Phi) is 3.19. The van der Waals surface area contributed by atoms with Crippen molar-refractivity contribution in [2.45, 2.75) is 19.4 Å². The summed E-state index contributed by atoms with van der Waals surface area (Å²) in [6.07, 6.45) is 0.195. The Morgan fingerprint density at radius 2 is 2.20 bits per heavy atom. The summed E-state index contributed by atoms with van der Waals surface area (Å²) in [5, 5.41) is 21.5. The summed E-state index contributed by atoms with van der Waals surface area (Å²) in [5.74, 6) is 0. The highest BCUT2D eigenvalue weighted by molar-refractivity contribution is 7.16. The van der Waals surface area contributed by atoms with Gasteiger partial charge < -0.3 is 10.0 Å². The van der Waals surface area contributed by atoms with Crippen LogP contribution in [0.15, 0.2) is 30.3 Å². The topological polar surface area (TPSA) is 66.6 Å². The van der Waals surface area contributed by atoms with E-state index in [1.165, 1.54) is 23.0 Å². The minimum Gasteiger partial charge on any atom is -0.388 e. The Hall–Kier alpha value is -1.92. The van der Waals surface area contributed by atoms with Crippen LogP contribution in [-0.2, 0) is 6.42 Å². The lowest BCUT2D eigenvalue weighted by Crippen LogP contribution is -2.12. The van der Waals surface area contributed by atoms with Crippen LogP contribution in [0, 0.1) is 10.1 Å². The van der Waals surface area contributed by atoms with E-state index in [-0.39, 0.29) is 10.6 Å². The van der Waals surface area contributed by atoms with Gasteiger partial charge in [0.1, 0.15) is 0 Å². The van der Waals surface area contributed by atoms with Crippen molar-refractivity contribution in [1.82, 2.24) is 0 Å².